The summed E-state index contributed by atoms with van der Waals surface area (Å²) in [6.07, 6.45) is 1.55. The number of Topliss-reactive ketones (excluding diaryl/α,β-unsaturated/α-hetero) is 1. The van der Waals surface area contributed by atoms with Gasteiger partial charge in [0.1, 0.15) is 11.6 Å². The third-order valence-electron chi connectivity index (χ3n) is 4.11. The number of hydrogen-bond acceptors (Lipinski definition) is 9. The van der Waals surface area contributed by atoms with E-state index in [0.717, 1.165) is 17.3 Å². The molecule has 2 N–H and O–H groups in total. The van der Waals surface area contributed by atoms with Crippen LogP contribution in [-0.4, -0.2) is 38.9 Å². The van der Waals surface area contributed by atoms with Crippen LogP contribution >= 0.6 is 11.8 Å². The lowest BCUT2D eigenvalue weighted by atomic mass is 10.1. The Bertz CT molecular complexity index is 1130. The van der Waals surface area contributed by atoms with Crippen LogP contribution in [0.3, 0.4) is 0 Å². The van der Waals surface area contributed by atoms with Gasteiger partial charge >= 0.3 is 5.97 Å². The number of hydrogen-bond donors (Lipinski definition) is 1. The highest BCUT2D eigenvalue weighted by atomic mass is 32.2. The van der Waals surface area contributed by atoms with Gasteiger partial charge in [-0.25, -0.2) is 0 Å². The summed E-state index contributed by atoms with van der Waals surface area (Å²) in [5.41, 5.74) is 6.37. The number of benzene rings is 1. The van der Waals surface area contributed by atoms with Crippen molar-refractivity contribution < 1.29 is 18.7 Å². The Morgan fingerprint density at radius 2 is 2.00 bits per heavy atom. The number of nitriles is 1. The molecule has 0 atom stereocenters. The van der Waals surface area contributed by atoms with Gasteiger partial charge in [0.25, 0.3) is 0 Å². The van der Waals surface area contributed by atoms with Gasteiger partial charge in [0.2, 0.25) is 11.6 Å². The maximum Gasteiger partial charge on any atom is 0.316 e. The van der Waals surface area contributed by atoms with Gasteiger partial charge in [0.15, 0.2) is 17.5 Å². The largest absolute Gasteiger partial charge is 0.461 e. The lowest BCUT2D eigenvalue weighted by Gasteiger charge is -2.09. The van der Waals surface area contributed by atoms with E-state index in [1.807, 2.05) is 34.9 Å². The first-order valence-corrected chi connectivity index (χ1v) is 10.2. The Hall–Kier alpha value is -3.84. The van der Waals surface area contributed by atoms with Gasteiger partial charge in [-0.15, -0.1) is 10.2 Å². The predicted molar refractivity (Wildman–Crippen MR) is 112 cm³/mol. The molecule has 2 heterocycles. The molecule has 0 bridgehead atoms. The molecule has 0 unspecified atom stereocenters. The van der Waals surface area contributed by atoms with E-state index in [0.29, 0.717) is 23.3 Å². The number of nitrogens with zero attached hydrogens (tertiary/aromatic N) is 4. The van der Waals surface area contributed by atoms with E-state index in [-0.39, 0.29) is 17.0 Å². The van der Waals surface area contributed by atoms with E-state index in [4.69, 9.17) is 20.1 Å². The summed E-state index contributed by atoms with van der Waals surface area (Å²) in [5, 5.41) is 17.8. The quantitative estimate of drug-likeness (QED) is 0.232. The summed E-state index contributed by atoms with van der Waals surface area (Å²) >= 11 is 1.12. The number of esters is 1. The minimum atomic E-state index is -0.645. The van der Waals surface area contributed by atoms with Crippen LogP contribution in [0.4, 0.5) is 0 Å². The van der Waals surface area contributed by atoms with Crippen LogP contribution < -0.4 is 5.73 Å². The molecule has 0 radical (unpaired) electrons. The van der Waals surface area contributed by atoms with Gasteiger partial charge < -0.3 is 14.9 Å². The van der Waals surface area contributed by atoms with Crippen LogP contribution in [0.5, 0.6) is 0 Å². The van der Waals surface area contributed by atoms with Crippen molar-refractivity contribution in [1.29, 1.82) is 5.26 Å². The van der Waals surface area contributed by atoms with Crippen molar-refractivity contribution in [3.63, 3.8) is 0 Å². The highest BCUT2D eigenvalue weighted by Crippen LogP contribution is 2.25. The van der Waals surface area contributed by atoms with Gasteiger partial charge in [0, 0.05) is 5.70 Å². The molecule has 0 aliphatic heterocycles. The first kappa shape index (κ1) is 21.9. The number of carbonyl (C=O) groups excluding carboxylic acids is 2. The fraction of sp³-hybridized carbons (Fsp3) is 0.190. The van der Waals surface area contributed by atoms with Gasteiger partial charge in [0.05, 0.1) is 18.6 Å². The smallest absolute Gasteiger partial charge is 0.316 e. The lowest BCUT2D eigenvalue weighted by molar-refractivity contribution is -0.144. The second-order valence-electron chi connectivity index (χ2n) is 6.40. The second-order valence-corrected chi connectivity index (χ2v) is 7.34. The SMILES string of the molecule is C/C(N)=C(\C#N)C(=O)COC(=O)CSc1nnc(-c2ccco2)n1Cc1ccccc1. The summed E-state index contributed by atoms with van der Waals surface area (Å²) in [5.74, 6) is -0.281. The molecule has 10 heteroatoms. The molecule has 0 spiro atoms. The first-order valence-electron chi connectivity index (χ1n) is 9.18. The van der Waals surface area contributed by atoms with Crippen molar-refractivity contribution in [2.75, 3.05) is 12.4 Å². The molecular formula is C21H19N5O4S. The van der Waals surface area contributed by atoms with E-state index in [1.165, 1.54) is 6.92 Å². The topological polar surface area (TPSA) is 137 Å². The summed E-state index contributed by atoms with van der Waals surface area (Å²) in [4.78, 5) is 24.0. The van der Waals surface area contributed by atoms with E-state index < -0.39 is 18.4 Å². The molecule has 0 saturated heterocycles. The Morgan fingerprint density at radius 1 is 1.23 bits per heavy atom. The molecule has 158 valence electrons. The van der Waals surface area contributed by atoms with Crippen molar-refractivity contribution >= 4 is 23.5 Å². The van der Waals surface area contributed by atoms with Crippen molar-refractivity contribution in [3.8, 4) is 17.7 Å². The third kappa shape index (κ3) is 5.61. The fourth-order valence-corrected chi connectivity index (χ4v) is 3.38. The van der Waals surface area contributed by atoms with Gasteiger partial charge in [-0.1, -0.05) is 42.1 Å². The maximum atomic E-state index is 12.1. The zero-order chi connectivity index (χ0) is 22.2. The minimum absolute atomic E-state index is 0.0809. The van der Waals surface area contributed by atoms with Gasteiger partial charge in [-0.05, 0) is 24.6 Å². The number of carbonyl (C=O) groups is 2. The molecule has 3 rings (SSSR count). The number of nitrogens with two attached hydrogens (primary N) is 1. The van der Waals surface area contributed by atoms with E-state index in [1.54, 1.807) is 24.5 Å². The van der Waals surface area contributed by atoms with Gasteiger partial charge in [-0.2, -0.15) is 5.26 Å². The van der Waals surface area contributed by atoms with Crippen molar-refractivity contribution in [2.45, 2.75) is 18.6 Å². The normalized spacial score (nSPS) is 11.5. The average molecular weight is 437 g/mol. The Labute approximate surface area is 182 Å². The number of aromatic nitrogens is 3. The molecular weight excluding hydrogens is 418 g/mol. The van der Waals surface area contributed by atoms with Crippen LogP contribution in [0.2, 0.25) is 0 Å². The summed E-state index contributed by atoms with van der Waals surface area (Å²) in [6, 6.07) is 15.0. The number of ether oxygens (including phenoxy) is 1. The summed E-state index contributed by atoms with van der Waals surface area (Å²) < 4.78 is 12.3. The van der Waals surface area contributed by atoms with Crippen LogP contribution in [0.1, 0.15) is 12.5 Å². The molecule has 1 aromatic carbocycles. The molecule has 2 aromatic heterocycles. The third-order valence-corrected chi connectivity index (χ3v) is 5.05. The van der Waals surface area contributed by atoms with Crippen molar-refractivity contribution in [1.82, 2.24) is 14.8 Å². The molecule has 0 saturated carbocycles. The van der Waals surface area contributed by atoms with Gasteiger partial charge in [-0.3, -0.25) is 14.2 Å². The average Bonchev–Trinajstić information content (AvgIpc) is 3.42. The Kier molecular flexibility index (Phi) is 7.24. The monoisotopic (exact) mass is 437 g/mol. The van der Waals surface area contributed by atoms with Crippen molar-refractivity contribution in [3.05, 3.63) is 65.6 Å². The predicted octanol–water partition coefficient (Wildman–Crippen LogP) is 2.55. The molecule has 0 fully saturated rings. The zero-order valence-corrected chi connectivity index (χ0v) is 17.5. The molecule has 9 nitrogen and oxygen atoms in total. The Balaban J connectivity index is 1.69. The molecule has 31 heavy (non-hydrogen) atoms. The Morgan fingerprint density at radius 3 is 2.65 bits per heavy atom. The zero-order valence-electron chi connectivity index (χ0n) is 16.6. The number of rotatable bonds is 9. The summed E-state index contributed by atoms with van der Waals surface area (Å²) in [6.45, 7) is 1.36. The van der Waals surface area contributed by atoms with E-state index in [9.17, 15) is 9.59 Å². The minimum Gasteiger partial charge on any atom is -0.461 e. The second kappa shape index (κ2) is 10.3. The van der Waals surface area contributed by atoms with E-state index in [2.05, 4.69) is 10.2 Å². The number of ketones is 1. The molecule has 0 aliphatic carbocycles. The molecule has 0 aliphatic rings. The fourth-order valence-electron chi connectivity index (χ4n) is 2.65. The maximum absolute atomic E-state index is 12.1. The number of allylic oxidation sites excluding steroid dienone is 1. The molecule has 0 amide bonds. The summed E-state index contributed by atoms with van der Waals surface area (Å²) in [7, 11) is 0. The molecule has 3 aromatic rings. The number of furan rings is 1. The van der Waals surface area contributed by atoms with Crippen LogP contribution in [-0.2, 0) is 20.9 Å². The van der Waals surface area contributed by atoms with E-state index >= 15 is 0 Å². The number of thioether (sulfide) groups is 1. The van der Waals surface area contributed by atoms with Crippen LogP contribution in [0.15, 0.2) is 69.6 Å². The lowest BCUT2D eigenvalue weighted by Crippen LogP contribution is -2.18. The van der Waals surface area contributed by atoms with Crippen LogP contribution in [0.25, 0.3) is 11.6 Å². The van der Waals surface area contributed by atoms with Crippen LogP contribution in [0, 0.1) is 11.3 Å². The highest BCUT2D eigenvalue weighted by molar-refractivity contribution is 7.99. The highest BCUT2D eigenvalue weighted by Gasteiger charge is 2.19. The first-order chi connectivity index (χ1) is 15.0. The van der Waals surface area contributed by atoms with Crippen molar-refractivity contribution in [2.24, 2.45) is 5.73 Å². The standard InChI is InChI=1S/C21H19N5O4S/c1-14(23)16(10-22)17(27)12-30-19(28)13-31-21-25-24-20(18-8-5-9-29-18)26(21)11-15-6-3-2-4-7-15/h2-9H,11-13,23H2,1H3/b16-14-.